The van der Waals surface area contributed by atoms with Crippen LogP contribution in [0, 0.1) is 0 Å². The number of thioether (sulfide) groups is 1. The highest BCUT2D eigenvalue weighted by Crippen LogP contribution is 2.29. The molecule has 2 nitrogen and oxygen atoms in total. The van der Waals surface area contributed by atoms with Crippen LogP contribution < -0.4 is 0 Å². The lowest BCUT2D eigenvalue weighted by Gasteiger charge is -2.17. The number of aromatic nitrogens is 2. The maximum absolute atomic E-state index is 6.02. The van der Waals surface area contributed by atoms with Crippen LogP contribution in [0.3, 0.4) is 0 Å². The Labute approximate surface area is 175 Å². The summed E-state index contributed by atoms with van der Waals surface area (Å²) in [4.78, 5) is 5.49. The molecule has 0 fully saturated rings. The standard InChI is InChI=1S/C23H35ClN2S/c1-2-3-4-5-6-7-8-9-10-11-12-23(19-26-18-17-25-20-26)27-22-15-13-21(24)14-16-22/h13-18,20,23H,2-12,19H2,1H3. The van der Waals surface area contributed by atoms with Crippen molar-refractivity contribution in [1.29, 1.82) is 0 Å². The van der Waals surface area contributed by atoms with Gasteiger partial charge in [0.25, 0.3) is 0 Å². The highest BCUT2D eigenvalue weighted by atomic mass is 35.5. The Morgan fingerprint density at radius 2 is 1.56 bits per heavy atom. The van der Waals surface area contributed by atoms with Crippen LogP contribution in [0.1, 0.15) is 77.6 Å². The summed E-state index contributed by atoms with van der Waals surface area (Å²) >= 11 is 7.99. The van der Waals surface area contributed by atoms with E-state index in [1.54, 1.807) is 0 Å². The number of imidazole rings is 1. The van der Waals surface area contributed by atoms with Gasteiger partial charge in [-0.3, -0.25) is 0 Å². The molecule has 0 N–H and O–H groups in total. The van der Waals surface area contributed by atoms with Crippen LogP contribution in [-0.4, -0.2) is 14.8 Å². The molecule has 4 heteroatoms. The van der Waals surface area contributed by atoms with E-state index in [9.17, 15) is 0 Å². The molecule has 0 saturated heterocycles. The summed E-state index contributed by atoms with van der Waals surface area (Å²) in [6.45, 7) is 3.30. The minimum atomic E-state index is 0.578. The number of unbranched alkanes of at least 4 members (excludes halogenated alkanes) is 9. The van der Waals surface area contributed by atoms with E-state index < -0.39 is 0 Å². The second-order valence-corrected chi connectivity index (χ2v) is 9.23. The Morgan fingerprint density at radius 1 is 0.926 bits per heavy atom. The van der Waals surface area contributed by atoms with Gasteiger partial charge in [-0.05, 0) is 30.7 Å². The summed E-state index contributed by atoms with van der Waals surface area (Å²) in [5, 5.41) is 1.38. The summed E-state index contributed by atoms with van der Waals surface area (Å²) in [5.74, 6) is 0. The van der Waals surface area contributed by atoms with Crippen molar-refractivity contribution in [3.8, 4) is 0 Å². The molecule has 2 aromatic rings. The van der Waals surface area contributed by atoms with Gasteiger partial charge in [0.2, 0.25) is 0 Å². The molecule has 0 bridgehead atoms. The summed E-state index contributed by atoms with van der Waals surface area (Å²) in [7, 11) is 0. The molecule has 0 amide bonds. The lowest BCUT2D eigenvalue weighted by atomic mass is 10.1. The number of rotatable bonds is 15. The molecule has 1 aromatic heterocycles. The molecule has 0 aliphatic heterocycles. The first-order valence-electron chi connectivity index (χ1n) is 10.7. The van der Waals surface area contributed by atoms with Gasteiger partial charge in [0.1, 0.15) is 0 Å². The van der Waals surface area contributed by atoms with E-state index >= 15 is 0 Å². The van der Waals surface area contributed by atoms with Crippen LogP contribution in [0.25, 0.3) is 0 Å². The summed E-state index contributed by atoms with van der Waals surface area (Å²) in [6, 6.07) is 8.23. The Bertz CT molecular complexity index is 583. The fourth-order valence-electron chi connectivity index (χ4n) is 3.38. The molecule has 0 saturated carbocycles. The van der Waals surface area contributed by atoms with Gasteiger partial charge in [0.05, 0.1) is 6.33 Å². The van der Waals surface area contributed by atoms with E-state index in [2.05, 4.69) is 34.8 Å². The van der Waals surface area contributed by atoms with Crippen molar-refractivity contribution >= 4 is 23.4 Å². The average Bonchev–Trinajstić information content (AvgIpc) is 3.18. The molecule has 0 aliphatic rings. The third kappa shape index (κ3) is 10.3. The first-order chi connectivity index (χ1) is 13.3. The van der Waals surface area contributed by atoms with Gasteiger partial charge in [0, 0.05) is 34.1 Å². The van der Waals surface area contributed by atoms with E-state index in [1.807, 2.05) is 36.4 Å². The zero-order valence-corrected chi connectivity index (χ0v) is 18.4. The topological polar surface area (TPSA) is 17.8 Å². The Morgan fingerprint density at radius 3 is 2.15 bits per heavy atom. The lowest BCUT2D eigenvalue weighted by Crippen LogP contribution is -2.12. The molecule has 1 heterocycles. The van der Waals surface area contributed by atoms with Gasteiger partial charge in [-0.1, -0.05) is 82.7 Å². The van der Waals surface area contributed by atoms with Gasteiger partial charge >= 0.3 is 0 Å². The molecule has 2 rings (SSSR count). The Balaban J connectivity index is 1.65. The van der Waals surface area contributed by atoms with Gasteiger partial charge in [-0.25, -0.2) is 4.98 Å². The summed E-state index contributed by atoms with van der Waals surface area (Å²) in [6.07, 6.45) is 21.0. The van der Waals surface area contributed by atoms with Crippen molar-refractivity contribution in [1.82, 2.24) is 9.55 Å². The monoisotopic (exact) mass is 406 g/mol. The molecule has 1 atom stereocenters. The highest BCUT2D eigenvalue weighted by molar-refractivity contribution is 8.00. The molecule has 1 aromatic carbocycles. The number of hydrogen-bond donors (Lipinski definition) is 0. The summed E-state index contributed by atoms with van der Waals surface area (Å²) < 4.78 is 2.20. The van der Waals surface area contributed by atoms with Crippen LogP contribution in [-0.2, 0) is 6.54 Å². The third-order valence-corrected chi connectivity index (χ3v) is 6.48. The molecular weight excluding hydrogens is 372 g/mol. The largest absolute Gasteiger partial charge is 0.336 e. The predicted molar refractivity (Wildman–Crippen MR) is 120 cm³/mol. The van der Waals surface area contributed by atoms with E-state index in [-0.39, 0.29) is 0 Å². The summed E-state index contributed by atoms with van der Waals surface area (Å²) in [5.41, 5.74) is 0. The van der Waals surface area contributed by atoms with Crippen molar-refractivity contribution < 1.29 is 0 Å². The SMILES string of the molecule is CCCCCCCCCCCCC(Cn1ccnc1)Sc1ccc(Cl)cc1. The van der Waals surface area contributed by atoms with Gasteiger partial charge in [-0.15, -0.1) is 11.8 Å². The molecule has 0 spiro atoms. The smallest absolute Gasteiger partial charge is 0.0946 e. The van der Waals surface area contributed by atoms with Crippen LogP contribution in [0.2, 0.25) is 5.02 Å². The molecule has 0 radical (unpaired) electrons. The molecule has 0 aliphatic carbocycles. The number of halogens is 1. The number of hydrogen-bond acceptors (Lipinski definition) is 2. The predicted octanol–water partition coefficient (Wildman–Crippen LogP) is 8.01. The third-order valence-electron chi connectivity index (χ3n) is 4.97. The van der Waals surface area contributed by atoms with Crippen molar-refractivity contribution in [2.45, 2.75) is 94.2 Å². The van der Waals surface area contributed by atoms with E-state index in [0.29, 0.717) is 5.25 Å². The normalized spacial score (nSPS) is 12.4. The second-order valence-electron chi connectivity index (χ2n) is 7.42. The lowest BCUT2D eigenvalue weighted by molar-refractivity contribution is 0.534. The minimum absolute atomic E-state index is 0.578. The zero-order chi connectivity index (χ0) is 19.2. The maximum Gasteiger partial charge on any atom is 0.0946 e. The molecule has 1 unspecified atom stereocenters. The van der Waals surface area contributed by atoms with E-state index in [1.165, 1.54) is 75.5 Å². The van der Waals surface area contributed by atoms with Crippen molar-refractivity contribution in [3.05, 3.63) is 48.0 Å². The molecule has 27 heavy (non-hydrogen) atoms. The van der Waals surface area contributed by atoms with Crippen LogP contribution in [0.5, 0.6) is 0 Å². The van der Waals surface area contributed by atoms with Crippen LogP contribution in [0.4, 0.5) is 0 Å². The van der Waals surface area contributed by atoms with Crippen molar-refractivity contribution in [2.75, 3.05) is 0 Å². The quantitative estimate of drug-likeness (QED) is 0.220. The van der Waals surface area contributed by atoms with Crippen LogP contribution >= 0.6 is 23.4 Å². The Kier molecular flexibility index (Phi) is 11.7. The van der Waals surface area contributed by atoms with E-state index in [4.69, 9.17) is 11.6 Å². The van der Waals surface area contributed by atoms with Crippen molar-refractivity contribution in [3.63, 3.8) is 0 Å². The first-order valence-corrected chi connectivity index (χ1v) is 11.9. The van der Waals surface area contributed by atoms with Crippen LogP contribution in [0.15, 0.2) is 47.9 Å². The van der Waals surface area contributed by atoms with Gasteiger partial charge in [-0.2, -0.15) is 0 Å². The minimum Gasteiger partial charge on any atom is -0.336 e. The first kappa shape index (κ1) is 22.4. The second kappa shape index (κ2) is 14.1. The number of nitrogens with zero attached hydrogens (tertiary/aromatic N) is 2. The van der Waals surface area contributed by atoms with E-state index in [0.717, 1.165) is 11.6 Å². The van der Waals surface area contributed by atoms with Gasteiger partial charge in [0.15, 0.2) is 0 Å². The van der Waals surface area contributed by atoms with Crippen molar-refractivity contribution in [2.24, 2.45) is 0 Å². The fourth-order valence-corrected chi connectivity index (χ4v) is 4.72. The average molecular weight is 407 g/mol. The maximum atomic E-state index is 6.02. The van der Waals surface area contributed by atoms with Gasteiger partial charge < -0.3 is 4.57 Å². The molecular formula is C23H35ClN2S. The number of benzene rings is 1. The fraction of sp³-hybridized carbons (Fsp3) is 0.609. The highest BCUT2D eigenvalue weighted by Gasteiger charge is 2.11. The zero-order valence-electron chi connectivity index (χ0n) is 16.8. The Hall–Kier alpha value is -0.930. The molecule has 150 valence electrons.